The van der Waals surface area contributed by atoms with Gasteiger partial charge in [-0.25, -0.2) is 4.98 Å². The van der Waals surface area contributed by atoms with Crippen molar-refractivity contribution in [3.63, 3.8) is 0 Å². The molecule has 3 aromatic rings. The Morgan fingerprint density at radius 1 is 1.29 bits per heavy atom. The fourth-order valence-electron chi connectivity index (χ4n) is 4.23. The molecule has 3 heterocycles. The van der Waals surface area contributed by atoms with Crippen LogP contribution in [0.15, 0.2) is 40.8 Å². The SMILES string of the molecule is Cc1cc(Cl)ccc1C(=O)NC1(C2CN(C(=O)Cn3cnc4sccc4c3=O)C2)CC1. The molecule has 1 saturated heterocycles. The van der Waals surface area contributed by atoms with Crippen LogP contribution >= 0.6 is 22.9 Å². The Labute approximate surface area is 187 Å². The molecule has 0 atom stereocenters. The molecule has 0 spiro atoms. The fourth-order valence-corrected chi connectivity index (χ4v) is 5.18. The highest BCUT2D eigenvalue weighted by molar-refractivity contribution is 7.16. The van der Waals surface area contributed by atoms with Gasteiger partial charge >= 0.3 is 0 Å². The summed E-state index contributed by atoms with van der Waals surface area (Å²) in [5.74, 6) is 0.0192. The first kappa shape index (κ1) is 20.2. The van der Waals surface area contributed by atoms with Gasteiger partial charge in [-0.15, -0.1) is 11.3 Å². The Morgan fingerprint density at radius 3 is 2.77 bits per heavy atom. The largest absolute Gasteiger partial charge is 0.346 e. The van der Waals surface area contributed by atoms with Crippen LogP contribution in [-0.4, -0.2) is 44.9 Å². The lowest BCUT2D eigenvalue weighted by Gasteiger charge is -2.44. The molecule has 0 bridgehead atoms. The fraction of sp³-hybridized carbons (Fsp3) is 0.364. The molecule has 5 rings (SSSR count). The van der Waals surface area contributed by atoms with Crippen molar-refractivity contribution in [2.45, 2.75) is 31.8 Å². The standard InChI is InChI=1S/C22H21ClN4O3S/c1-13-8-15(23)2-3-16(13)19(29)25-22(5-6-22)14-9-26(10-14)18(28)11-27-12-24-20-17(21(27)30)4-7-31-20/h2-4,7-8,12,14H,5-6,9-11H2,1H3,(H,25,29). The van der Waals surface area contributed by atoms with Crippen LogP contribution in [0.3, 0.4) is 0 Å². The van der Waals surface area contributed by atoms with E-state index in [4.69, 9.17) is 11.6 Å². The molecular weight excluding hydrogens is 436 g/mol. The molecule has 160 valence electrons. The molecule has 0 radical (unpaired) electrons. The van der Waals surface area contributed by atoms with Crippen molar-refractivity contribution in [2.75, 3.05) is 13.1 Å². The number of carbonyl (C=O) groups is 2. The number of aromatic nitrogens is 2. The number of nitrogens with zero attached hydrogens (tertiary/aromatic N) is 3. The second kappa shape index (κ2) is 7.46. The van der Waals surface area contributed by atoms with E-state index in [-0.39, 0.29) is 35.4 Å². The lowest BCUT2D eigenvalue weighted by atomic mass is 9.88. The Kier molecular flexibility index (Phi) is 4.86. The van der Waals surface area contributed by atoms with Crippen molar-refractivity contribution < 1.29 is 9.59 Å². The Morgan fingerprint density at radius 2 is 2.06 bits per heavy atom. The summed E-state index contributed by atoms with van der Waals surface area (Å²) in [5.41, 5.74) is 1.03. The topological polar surface area (TPSA) is 84.3 Å². The van der Waals surface area contributed by atoms with Crippen molar-refractivity contribution in [2.24, 2.45) is 5.92 Å². The quantitative estimate of drug-likeness (QED) is 0.639. The Balaban J connectivity index is 1.21. The Bertz CT molecular complexity index is 1260. The van der Waals surface area contributed by atoms with Gasteiger partial charge in [0.05, 0.1) is 11.7 Å². The van der Waals surface area contributed by atoms with E-state index in [1.165, 1.54) is 22.2 Å². The van der Waals surface area contributed by atoms with Crippen LogP contribution in [0.1, 0.15) is 28.8 Å². The van der Waals surface area contributed by atoms with Crippen molar-refractivity contribution in [3.8, 4) is 0 Å². The lowest BCUT2D eigenvalue weighted by molar-refractivity contribution is -0.139. The number of hydrogen-bond acceptors (Lipinski definition) is 5. The molecule has 1 aromatic carbocycles. The number of halogens is 1. The lowest BCUT2D eigenvalue weighted by Crippen LogP contribution is -2.60. The summed E-state index contributed by atoms with van der Waals surface area (Å²) in [6, 6.07) is 6.98. The molecule has 1 aliphatic heterocycles. The summed E-state index contributed by atoms with van der Waals surface area (Å²) >= 11 is 7.40. The van der Waals surface area contributed by atoms with E-state index < -0.39 is 0 Å². The van der Waals surface area contributed by atoms with Gasteiger partial charge < -0.3 is 10.2 Å². The zero-order valence-corrected chi connectivity index (χ0v) is 18.5. The number of amides is 2. The average molecular weight is 457 g/mol. The maximum Gasteiger partial charge on any atom is 0.262 e. The van der Waals surface area contributed by atoms with Gasteiger partial charge in [0, 0.05) is 35.1 Å². The van der Waals surface area contributed by atoms with Crippen LogP contribution in [0.4, 0.5) is 0 Å². The van der Waals surface area contributed by atoms with Gasteiger partial charge in [0.1, 0.15) is 11.4 Å². The summed E-state index contributed by atoms with van der Waals surface area (Å²) in [7, 11) is 0. The first-order chi connectivity index (χ1) is 14.9. The first-order valence-electron chi connectivity index (χ1n) is 10.2. The van der Waals surface area contributed by atoms with E-state index in [1.807, 2.05) is 12.3 Å². The summed E-state index contributed by atoms with van der Waals surface area (Å²) in [6.07, 6.45) is 3.26. The van der Waals surface area contributed by atoms with E-state index in [0.717, 1.165) is 18.4 Å². The number of carbonyl (C=O) groups excluding carboxylic acids is 2. The number of fused-ring (bicyclic) bond motifs is 1. The summed E-state index contributed by atoms with van der Waals surface area (Å²) in [5, 5.41) is 6.16. The summed E-state index contributed by atoms with van der Waals surface area (Å²) in [4.78, 5) is 44.6. The summed E-state index contributed by atoms with van der Waals surface area (Å²) < 4.78 is 1.36. The summed E-state index contributed by atoms with van der Waals surface area (Å²) in [6.45, 7) is 3.02. The highest BCUT2D eigenvalue weighted by atomic mass is 35.5. The van der Waals surface area contributed by atoms with Crippen molar-refractivity contribution >= 4 is 45.0 Å². The molecule has 1 aliphatic carbocycles. The molecular formula is C22H21ClN4O3S. The average Bonchev–Trinajstić information content (AvgIpc) is 3.26. The first-order valence-corrected chi connectivity index (χ1v) is 11.4. The second-order valence-corrected chi connectivity index (χ2v) is 9.71. The zero-order valence-electron chi connectivity index (χ0n) is 16.9. The van der Waals surface area contributed by atoms with Gasteiger partial charge in [0.25, 0.3) is 11.5 Å². The molecule has 2 amide bonds. The minimum absolute atomic E-state index is 0.0202. The van der Waals surface area contributed by atoms with E-state index in [9.17, 15) is 14.4 Å². The van der Waals surface area contributed by atoms with Gasteiger partial charge in [-0.05, 0) is 55.0 Å². The predicted molar refractivity (Wildman–Crippen MR) is 120 cm³/mol. The molecule has 7 nitrogen and oxygen atoms in total. The number of nitrogens with one attached hydrogen (secondary N) is 1. The highest BCUT2D eigenvalue weighted by Gasteiger charge is 2.55. The third-order valence-electron chi connectivity index (χ3n) is 6.36. The van der Waals surface area contributed by atoms with Crippen LogP contribution < -0.4 is 10.9 Å². The van der Waals surface area contributed by atoms with Gasteiger partial charge in [-0.2, -0.15) is 0 Å². The molecule has 2 aromatic heterocycles. The smallest absolute Gasteiger partial charge is 0.262 e. The monoisotopic (exact) mass is 456 g/mol. The number of thiophene rings is 1. The molecule has 1 N–H and O–H groups in total. The van der Waals surface area contributed by atoms with Gasteiger partial charge in [-0.3, -0.25) is 19.0 Å². The third-order valence-corrected chi connectivity index (χ3v) is 7.41. The number of aryl methyl sites for hydroxylation is 1. The van der Waals surface area contributed by atoms with Crippen LogP contribution in [-0.2, 0) is 11.3 Å². The minimum atomic E-state index is -0.242. The second-order valence-electron chi connectivity index (χ2n) is 8.38. The van der Waals surface area contributed by atoms with Crippen molar-refractivity contribution in [3.05, 3.63) is 62.5 Å². The maximum atomic E-state index is 12.8. The Hall–Kier alpha value is -2.71. The van der Waals surface area contributed by atoms with E-state index in [1.54, 1.807) is 29.2 Å². The highest BCUT2D eigenvalue weighted by Crippen LogP contribution is 2.46. The molecule has 31 heavy (non-hydrogen) atoms. The molecule has 9 heteroatoms. The predicted octanol–water partition coefficient (Wildman–Crippen LogP) is 2.84. The molecule has 0 unspecified atom stereocenters. The normalized spacial score (nSPS) is 17.4. The van der Waals surface area contributed by atoms with Crippen molar-refractivity contribution in [1.82, 2.24) is 19.8 Å². The molecule has 2 fully saturated rings. The van der Waals surface area contributed by atoms with Crippen molar-refractivity contribution in [1.29, 1.82) is 0 Å². The number of benzene rings is 1. The van der Waals surface area contributed by atoms with Crippen LogP contribution in [0.25, 0.3) is 10.2 Å². The van der Waals surface area contributed by atoms with E-state index >= 15 is 0 Å². The van der Waals surface area contributed by atoms with Gasteiger partial charge in [0.2, 0.25) is 5.91 Å². The molecule has 2 aliphatic rings. The number of hydrogen-bond donors (Lipinski definition) is 1. The van der Waals surface area contributed by atoms with Crippen LogP contribution in [0, 0.1) is 12.8 Å². The molecule has 1 saturated carbocycles. The van der Waals surface area contributed by atoms with Gasteiger partial charge in [-0.1, -0.05) is 11.6 Å². The van der Waals surface area contributed by atoms with Gasteiger partial charge in [0.15, 0.2) is 0 Å². The van der Waals surface area contributed by atoms with E-state index in [0.29, 0.717) is 33.9 Å². The third kappa shape index (κ3) is 3.64. The maximum absolute atomic E-state index is 12.8. The number of rotatable bonds is 5. The zero-order chi connectivity index (χ0) is 21.8. The van der Waals surface area contributed by atoms with Crippen LogP contribution in [0.2, 0.25) is 5.02 Å². The number of likely N-dealkylation sites (tertiary alicyclic amines) is 1. The van der Waals surface area contributed by atoms with Crippen LogP contribution in [0.5, 0.6) is 0 Å². The minimum Gasteiger partial charge on any atom is -0.346 e. The van der Waals surface area contributed by atoms with E-state index in [2.05, 4.69) is 10.3 Å².